The molecule has 0 saturated heterocycles. The molecule has 2 aromatic carbocycles. The number of hydrogen-bond acceptors (Lipinski definition) is 6. The minimum absolute atomic E-state index is 0.0672. The molecule has 0 saturated carbocycles. The summed E-state index contributed by atoms with van der Waals surface area (Å²) in [6.45, 7) is 0.260. The van der Waals surface area contributed by atoms with Crippen LogP contribution in [0.3, 0.4) is 0 Å². The summed E-state index contributed by atoms with van der Waals surface area (Å²) in [5, 5.41) is 17.4. The lowest BCUT2D eigenvalue weighted by Crippen LogP contribution is -2.27. The zero-order chi connectivity index (χ0) is 18.7. The summed E-state index contributed by atoms with van der Waals surface area (Å²) in [7, 11) is -2.46. The largest absolute Gasteiger partial charge is 0.478 e. The first-order valence-electron chi connectivity index (χ1n) is 7.60. The summed E-state index contributed by atoms with van der Waals surface area (Å²) in [5.41, 5.74) is 1.35. The molecule has 0 bridgehead atoms. The van der Waals surface area contributed by atoms with Gasteiger partial charge in [-0.15, -0.1) is 5.10 Å². The fourth-order valence-corrected chi connectivity index (χ4v) is 3.48. The Hall–Kier alpha value is -2.82. The Labute approximate surface area is 149 Å². The van der Waals surface area contributed by atoms with Crippen molar-refractivity contribution in [3.63, 3.8) is 0 Å². The van der Waals surface area contributed by atoms with E-state index in [9.17, 15) is 18.3 Å². The molecule has 0 radical (unpaired) electrons. The van der Waals surface area contributed by atoms with Crippen LogP contribution in [-0.4, -0.2) is 54.7 Å². The highest BCUT2D eigenvalue weighted by molar-refractivity contribution is 7.89. The number of carboxylic acid groups (broad SMARTS) is 1. The highest BCUT2D eigenvalue weighted by Gasteiger charge is 2.19. The van der Waals surface area contributed by atoms with Crippen molar-refractivity contribution in [2.24, 2.45) is 0 Å². The zero-order valence-corrected chi connectivity index (χ0v) is 14.6. The summed E-state index contributed by atoms with van der Waals surface area (Å²) in [6, 6.07) is 10.9. The van der Waals surface area contributed by atoms with Gasteiger partial charge >= 0.3 is 5.97 Å². The third kappa shape index (κ3) is 3.57. The molecule has 0 spiro atoms. The Kier molecular flexibility index (Phi) is 4.98. The molecule has 0 atom stereocenters. The minimum atomic E-state index is -3.91. The van der Waals surface area contributed by atoms with E-state index >= 15 is 0 Å². The van der Waals surface area contributed by atoms with Crippen LogP contribution in [0.4, 0.5) is 0 Å². The summed E-state index contributed by atoms with van der Waals surface area (Å²) < 4.78 is 33.5. The maximum Gasteiger partial charge on any atom is 0.335 e. The first-order chi connectivity index (χ1) is 12.4. The van der Waals surface area contributed by atoms with Gasteiger partial charge in [-0.05, 0) is 30.3 Å². The van der Waals surface area contributed by atoms with E-state index in [1.54, 1.807) is 24.3 Å². The fraction of sp³-hybridized carbons (Fsp3) is 0.188. The molecule has 3 aromatic rings. The second-order valence-corrected chi connectivity index (χ2v) is 7.17. The van der Waals surface area contributed by atoms with E-state index in [4.69, 9.17) is 4.74 Å². The molecule has 0 unspecified atom stereocenters. The number of methoxy groups -OCH3 is 1. The Morgan fingerprint density at radius 1 is 1.27 bits per heavy atom. The lowest BCUT2D eigenvalue weighted by atomic mass is 10.2. The average Bonchev–Trinajstić information content (AvgIpc) is 3.05. The third-order valence-corrected chi connectivity index (χ3v) is 5.08. The smallest absolute Gasteiger partial charge is 0.335 e. The molecular weight excluding hydrogens is 360 g/mol. The van der Waals surface area contributed by atoms with Crippen molar-refractivity contribution in [1.82, 2.24) is 19.7 Å². The van der Waals surface area contributed by atoms with E-state index in [0.717, 1.165) is 6.07 Å². The number of benzene rings is 2. The number of sulfonamides is 1. The Bertz CT molecular complexity index is 1060. The van der Waals surface area contributed by atoms with Gasteiger partial charge in [0, 0.05) is 13.7 Å². The fourth-order valence-electron chi connectivity index (χ4n) is 2.41. The van der Waals surface area contributed by atoms with Crippen molar-refractivity contribution in [2.75, 3.05) is 20.3 Å². The van der Waals surface area contributed by atoms with Crippen LogP contribution in [0.5, 0.6) is 0 Å². The van der Waals surface area contributed by atoms with Crippen molar-refractivity contribution in [3.8, 4) is 5.69 Å². The highest BCUT2D eigenvalue weighted by atomic mass is 32.2. The molecule has 9 nitrogen and oxygen atoms in total. The molecule has 0 aliphatic carbocycles. The van der Waals surface area contributed by atoms with E-state index in [1.165, 1.54) is 23.9 Å². The van der Waals surface area contributed by atoms with Crippen LogP contribution in [0.1, 0.15) is 10.4 Å². The summed E-state index contributed by atoms with van der Waals surface area (Å²) in [4.78, 5) is 11.3. The molecule has 0 aliphatic heterocycles. The maximum absolute atomic E-state index is 12.5. The molecule has 3 rings (SSSR count). The summed E-state index contributed by atoms with van der Waals surface area (Å²) in [5.74, 6) is -1.25. The quantitative estimate of drug-likeness (QED) is 0.591. The van der Waals surface area contributed by atoms with E-state index in [2.05, 4.69) is 15.0 Å². The molecular formula is C16H16N4O5S. The SMILES string of the molecule is COCCNS(=O)(=O)c1cc(C(=O)O)cc(-n2nnc3ccccc32)c1. The van der Waals surface area contributed by atoms with Crippen LogP contribution in [0, 0.1) is 0 Å². The second-order valence-electron chi connectivity index (χ2n) is 5.40. The van der Waals surface area contributed by atoms with Crippen molar-refractivity contribution >= 4 is 27.0 Å². The lowest BCUT2D eigenvalue weighted by Gasteiger charge is -2.10. The van der Waals surface area contributed by atoms with Gasteiger partial charge in [0.15, 0.2) is 0 Å². The van der Waals surface area contributed by atoms with E-state index in [-0.39, 0.29) is 29.3 Å². The number of ether oxygens (including phenoxy) is 1. The number of nitrogens with one attached hydrogen (secondary N) is 1. The number of nitrogens with zero attached hydrogens (tertiary/aromatic N) is 3. The molecule has 0 amide bonds. The number of rotatable bonds is 7. The first kappa shape index (κ1) is 18.0. The predicted octanol–water partition coefficient (Wildman–Crippen LogP) is 1.04. The molecule has 136 valence electrons. The summed E-state index contributed by atoms with van der Waals surface area (Å²) >= 11 is 0. The van der Waals surface area contributed by atoms with Gasteiger partial charge in [0.1, 0.15) is 5.52 Å². The van der Waals surface area contributed by atoms with Crippen LogP contribution in [-0.2, 0) is 14.8 Å². The molecule has 0 aliphatic rings. The van der Waals surface area contributed by atoms with Crippen LogP contribution >= 0.6 is 0 Å². The Morgan fingerprint density at radius 3 is 2.77 bits per heavy atom. The van der Waals surface area contributed by atoms with Crippen molar-refractivity contribution in [2.45, 2.75) is 4.90 Å². The van der Waals surface area contributed by atoms with Gasteiger partial charge in [-0.1, -0.05) is 17.3 Å². The van der Waals surface area contributed by atoms with Gasteiger partial charge in [-0.3, -0.25) is 0 Å². The Morgan fingerprint density at radius 2 is 2.04 bits per heavy atom. The topological polar surface area (TPSA) is 123 Å². The van der Waals surface area contributed by atoms with Gasteiger partial charge in [0.05, 0.1) is 28.3 Å². The van der Waals surface area contributed by atoms with E-state index in [0.29, 0.717) is 11.0 Å². The highest BCUT2D eigenvalue weighted by Crippen LogP contribution is 2.21. The zero-order valence-electron chi connectivity index (χ0n) is 13.8. The van der Waals surface area contributed by atoms with Crippen LogP contribution in [0.15, 0.2) is 47.4 Å². The van der Waals surface area contributed by atoms with Crippen LogP contribution in [0.25, 0.3) is 16.7 Å². The van der Waals surface area contributed by atoms with E-state index in [1.807, 2.05) is 0 Å². The predicted molar refractivity (Wildman–Crippen MR) is 92.9 cm³/mol. The van der Waals surface area contributed by atoms with Gasteiger partial charge in [0.25, 0.3) is 0 Å². The number of aromatic nitrogens is 3. The molecule has 1 heterocycles. The van der Waals surface area contributed by atoms with E-state index < -0.39 is 16.0 Å². The van der Waals surface area contributed by atoms with Crippen molar-refractivity contribution < 1.29 is 23.1 Å². The van der Waals surface area contributed by atoms with Crippen molar-refractivity contribution in [3.05, 3.63) is 48.0 Å². The molecule has 1 aromatic heterocycles. The average molecular weight is 376 g/mol. The van der Waals surface area contributed by atoms with Crippen LogP contribution < -0.4 is 4.72 Å². The number of hydrogen-bond donors (Lipinski definition) is 2. The first-order valence-corrected chi connectivity index (χ1v) is 9.08. The van der Waals surface area contributed by atoms with Crippen molar-refractivity contribution in [1.29, 1.82) is 0 Å². The second kappa shape index (κ2) is 7.20. The molecule has 0 fully saturated rings. The summed E-state index contributed by atoms with van der Waals surface area (Å²) in [6.07, 6.45) is 0. The minimum Gasteiger partial charge on any atom is -0.478 e. The third-order valence-electron chi connectivity index (χ3n) is 3.64. The maximum atomic E-state index is 12.5. The number of aromatic carboxylic acids is 1. The number of carboxylic acids is 1. The number of carbonyl (C=O) groups is 1. The van der Waals surface area contributed by atoms with Crippen LogP contribution in [0.2, 0.25) is 0 Å². The number of para-hydroxylation sites is 1. The molecule has 26 heavy (non-hydrogen) atoms. The van der Waals surface area contributed by atoms with Gasteiger partial charge < -0.3 is 9.84 Å². The molecule has 10 heteroatoms. The Balaban J connectivity index is 2.12. The normalized spacial score (nSPS) is 11.7. The standard InChI is InChI=1S/C16H16N4O5S/c1-25-7-6-17-26(23,24)13-9-11(16(21)22)8-12(10-13)20-15-5-3-2-4-14(15)18-19-20/h2-5,8-10,17H,6-7H2,1H3,(H,21,22). The van der Waals surface area contributed by atoms with Gasteiger partial charge in [0.2, 0.25) is 10.0 Å². The number of fused-ring (bicyclic) bond motifs is 1. The van der Waals surface area contributed by atoms with Gasteiger partial charge in [-0.2, -0.15) is 0 Å². The lowest BCUT2D eigenvalue weighted by molar-refractivity contribution is 0.0696. The van der Waals surface area contributed by atoms with Gasteiger partial charge in [-0.25, -0.2) is 22.6 Å². The molecule has 2 N–H and O–H groups in total. The monoisotopic (exact) mass is 376 g/mol.